The first-order valence-electron chi connectivity index (χ1n) is 3.79. The van der Waals surface area contributed by atoms with Crippen molar-refractivity contribution in [2.75, 3.05) is 6.54 Å². The number of rotatable bonds is 5. The molecule has 55 valence electrons. The fourth-order valence-electron chi connectivity index (χ4n) is 0.713. The van der Waals surface area contributed by atoms with Gasteiger partial charge in [0.25, 0.3) is 0 Å². The molecule has 9 heavy (non-hydrogen) atoms. The Balaban J connectivity index is 2.75. The predicted molar refractivity (Wildman–Crippen MR) is 42.0 cm³/mol. The van der Waals surface area contributed by atoms with Crippen LogP contribution in [0.5, 0.6) is 0 Å². The van der Waals surface area contributed by atoms with Crippen LogP contribution in [-0.4, -0.2) is 6.54 Å². The van der Waals surface area contributed by atoms with Gasteiger partial charge in [-0.25, -0.2) is 0 Å². The lowest BCUT2D eigenvalue weighted by atomic mass is 10.1. The van der Waals surface area contributed by atoms with Crippen molar-refractivity contribution >= 4 is 0 Å². The highest BCUT2D eigenvalue weighted by Crippen LogP contribution is 2.05. The minimum absolute atomic E-state index is 0.808. The summed E-state index contributed by atoms with van der Waals surface area (Å²) in [6.45, 7) is 5.30. The van der Waals surface area contributed by atoms with Gasteiger partial charge < -0.3 is 5.73 Å². The number of unbranched alkanes of at least 4 members (excludes halogenated alkanes) is 2. The molecule has 1 heteroatoms. The number of hydrogen-bond donors (Lipinski definition) is 1. The molecule has 0 spiro atoms. The standard InChI is InChI=1S/C8H18N/c1-8(2)6-4-3-5-7-9/h4,8H,3,5-7,9H2,1-2H3. The van der Waals surface area contributed by atoms with Crippen LogP contribution in [0.25, 0.3) is 0 Å². The first kappa shape index (κ1) is 8.96. The van der Waals surface area contributed by atoms with Crippen molar-refractivity contribution in [1.82, 2.24) is 0 Å². The molecule has 1 radical (unpaired) electrons. The van der Waals surface area contributed by atoms with E-state index in [2.05, 4.69) is 20.3 Å². The summed E-state index contributed by atoms with van der Waals surface area (Å²) < 4.78 is 0. The Morgan fingerprint density at radius 2 is 2.11 bits per heavy atom. The molecule has 0 atom stereocenters. The van der Waals surface area contributed by atoms with Crippen LogP contribution in [0.3, 0.4) is 0 Å². The van der Waals surface area contributed by atoms with Gasteiger partial charge in [0.2, 0.25) is 0 Å². The molecule has 0 unspecified atom stereocenters. The Labute approximate surface area is 58.6 Å². The van der Waals surface area contributed by atoms with Crippen molar-refractivity contribution < 1.29 is 0 Å². The summed E-state index contributed by atoms with van der Waals surface area (Å²) in [6.07, 6.45) is 5.90. The zero-order valence-corrected chi connectivity index (χ0v) is 6.56. The lowest BCUT2D eigenvalue weighted by Gasteiger charge is -2.01. The van der Waals surface area contributed by atoms with Crippen LogP contribution in [0.15, 0.2) is 0 Å². The summed E-state index contributed by atoms with van der Waals surface area (Å²) in [7, 11) is 0. The molecule has 0 heterocycles. The van der Waals surface area contributed by atoms with Crippen LogP contribution >= 0.6 is 0 Å². The van der Waals surface area contributed by atoms with E-state index < -0.39 is 0 Å². The van der Waals surface area contributed by atoms with Gasteiger partial charge in [0, 0.05) is 0 Å². The molecular weight excluding hydrogens is 110 g/mol. The summed E-state index contributed by atoms with van der Waals surface area (Å²) >= 11 is 0. The molecule has 0 fully saturated rings. The monoisotopic (exact) mass is 128 g/mol. The average Bonchev–Trinajstić information content (AvgIpc) is 1.80. The molecule has 0 aromatic rings. The quantitative estimate of drug-likeness (QED) is 0.563. The lowest BCUT2D eigenvalue weighted by molar-refractivity contribution is 0.612. The van der Waals surface area contributed by atoms with Crippen LogP contribution in [0.1, 0.15) is 33.1 Å². The van der Waals surface area contributed by atoms with Gasteiger partial charge in [-0.05, 0) is 38.1 Å². The van der Waals surface area contributed by atoms with E-state index in [-0.39, 0.29) is 0 Å². The minimum Gasteiger partial charge on any atom is -0.330 e. The molecule has 0 aliphatic carbocycles. The predicted octanol–water partition coefficient (Wildman–Crippen LogP) is 1.98. The largest absolute Gasteiger partial charge is 0.330 e. The topological polar surface area (TPSA) is 26.0 Å². The fraction of sp³-hybridized carbons (Fsp3) is 0.875. The molecule has 0 aliphatic heterocycles. The SMILES string of the molecule is CC(C)C[CH]CCCN. The Morgan fingerprint density at radius 1 is 1.44 bits per heavy atom. The maximum Gasteiger partial charge on any atom is -0.00772 e. The van der Waals surface area contributed by atoms with Crippen molar-refractivity contribution in [1.29, 1.82) is 0 Å². The van der Waals surface area contributed by atoms with E-state index in [1.54, 1.807) is 0 Å². The van der Waals surface area contributed by atoms with E-state index in [1.807, 2.05) is 0 Å². The van der Waals surface area contributed by atoms with Crippen LogP contribution in [-0.2, 0) is 0 Å². The van der Waals surface area contributed by atoms with Crippen LogP contribution < -0.4 is 5.73 Å². The lowest BCUT2D eigenvalue weighted by Crippen LogP contribution is -1.98. The molecule has 1 nitrogen and oxygen atoms in total. The van der Waals surface area contributed by atoms with Gasteiger partial charge in [-0.1, -0.05) is 13.8 Å². The zero-order chi connectivity index (χ0) is 7.11. The normalized spacial score (nSPS) is 10.7. The van der Waals surface area contributed by atoms with Gasteiger partial charge >= 0.3 is 0 Å². The maximum atomic E-state index is 5.33. The van der Waals surface area contributed by atoms with E-state index in [0.717, 1.165) is 18.9 Å². The second-order valence-electron chi connectivity index (χ2n) is 2.85. The van der Waals surface area contributed by atoms with E-state index >= 15 is 0 Å². The van der Waals surface area contributed by atoms with Gasteiger partial charge in [-0.3, -0.25) is 0 Å². The Hall–Kier alpha value is -0.0400. The van der Waals surface area contributed by atoms with Gasteiger partial charge in [-0.2, -0.15) is 0 Å². The van der Waals surface area contributed by atoms with Crippen LogP contribution in [0.4, 0.5) is 0 Å². The first-order chi connectivity index (χ1) is 4.27. The van der Waals surface area contributed by atoms with Crippen molar-refractivity contribution in [2.45, 2.75) is 33.1 Å². The summed E-state index contributed by atoms with van der Waals surface area (Å²) in [6, 6.07) is 0. The van der Waals surface area contributed by atoms with E-state index in [1.165, 1.54) is 12.8 Å². The third kappa shape index (κ3) is 7.96. The Kier molecular flexibility index (Phi) is 6.06. The van der Waals surface area contributed by atoms with Crippen LogP contribution in [0.2, 0.25) is 0 Å². The van der Waals surface area contributed by atoms with Crippen molar-refractivity contribution in [3.05, 3.63) is 6.42 Å². The van der Waals surface area contributed by atoms with Crippen molar-refractivity contribution in [3.8, 4) is 0 Å². The summed E-state index contributed by atoms with van der Waals surface area (Å²) in [5, 5.41) is 0. The second kappa shape index (κ2) is 6.09. The van der Waals surface area contributed by atoms with Gasteiger partial charge in [-0.15, -0.1) is 0 Å². The highest BCUT2D eigenvalue weighted by atomic mass is 14.5. The molecule has 2 N–H and O–H groups in total. The summed E-state index contributed by atoms with van der Waals surface area (Å²) in [4.78, 5) is 0. The van der Waals surface area contributed by atoms with E-state index in [9.17, 15) is 0 Å². The molecule has 0 bridgehead atoms. The second-order valence-corrected chi connectivity index (χ2v) is 2.85. The molecule has 0 aromatic heterocycles. The molecule has 0 aliphatic rings. The Bertz CT molecular complexity index is 50.5. The third-order valence-corrected chi connectivity index (χ3v) is 1.25. The molecule has 0 rings (SSSR count). The third-order valence-electron chi connectivity index (χ3n) is 1.25. The van der Waals surface area contributed by atoms with Gasteiger partial charge in [0.1, 0.15) is 0 Å². The highest BCUT2D eigenvalue weighted by Gasteiger charge is 1.92. The molecule has 0 aromatic carbocycles. The van der Waals surface area contributed by atoms with E-state index in [4.69, 9.17) is 5.73 Å². The first-order valence-corrected chi connectivity index (χ1v) is 3.79. The number of nitrogens with two attached hydrogens (primary N) is 1. The maximum absolute atomic E-state index is 5.33. The minimum atomic E-state index is 0.808. The van der Waals surface area contributed by atoms with Crippen molar-refractivity contribution in [2.24, 2.45) is 11.7 Å². The van der Waals surface area contributed by atoms with Crippen LogP contribution in [0, 0.1) is 12.3 Å². The highest BCUT2D eigenvalue weighted by molar-refractivity contribution is 4.66. The fourth-order valence-corrected chi connectivity index (χ4v) is 0.713. The Morgan fingerprint density at radius 3 is 2.56 bits per heavy atom. The van der Waals surface area contributed by atoms with E-state index in [0.29, 0.717) is 0 Å². The smallest absolute Gasteiger partial charge is 0.00772 e. The van der Waals surface area contributed by atoms with Gasteiger partial charge in [0.05, 0.1) is 0 Å². The van der Waals surface area contributed by atoms with Crippen molar-refractivity contribution in [3.63, 3.8) is 0 Å². The summed E-state index contributed by atoms with van der Waals surface area (Å²) in [5.41, 5.74) is 5.33. The summed E-state index contributed by atoms with van der Waals surface area (Å²) in [5.74, 6) is 0.808. The molecular formula is C8H18N. The average molecular weight is 128 g/mol. The zero-order valence-electron chi connectivity index (χ0n) is 6.56. The molecule has 0 saturated carbocycles. The number of hydrogen-bond acceptors (Lipinski definition) is 1. The van der Waals surface area contributed by atoms with Gasteiger partial charge in [0.15, 0.2) is 0 Å². The molecule has 0 amide bonds. The molecule has 0 saturated heterocycles.